The number of carbonyl (C=O) groups is 3. The van der Waals surface area contributed by atoms with Crippen LogP contribution in [-0.2, 0) is 14.4 Å². The zero-order chi connectivity index (χ0) is 13.8. The molecule has 1 atom stereocenters. The molecule has 2 saturated heterocycles. The number of hydrogen-bond donors (Lipinski definition) is 1. The van der Waals surface area contributed by atoms with Crippen molar-refractivity contribution in [1.82, 2.24) is 9.80 Å². The molecular weight excluding hydrogens is 268 g/mol. The van der Waals surface area contributed by atoms with E-state index in [1.54, 1.807) is 9.80 Å². The zero-order valence-corrected chi connectivity index (χ0v) is 11.5. The summed E-state index contributed by atoms with van der Waals surface area (Å²) in [5, 5.41) is 8.64. The van der Waals surface area contributed by atoms with Crippen LogP contribution in [0.2, 0.25) is 0 Å². The summed E-state index contributed by atoms with van der Waals surface area (Å²) in [6, 6.07) is 0. The van der Waals surface area contributed by atoms with Crippen molar-refractivity contribution in [3.8, 4) is 0 Å². The van der Waals surface area contributed by atoms with Gasteiger partial charge in [0.2, 0.25) is 11.8 Å². The number of rotatable bonds is 5. The predicted octanol–water partition coefficient (Wildman–Crippen LogP) is 0.233. The van der Waals surface area contributed by atoms with Gasteiger partial charge in [0, 0.05) is 19.5 Å². The third kappa shape index (κ3) is 3.86. The minimum atomic E-state index is -0.788. The van der Waals surface area contributed by atoms with Crippen LogP contribution in [0.3, 0.4) is 0 Å². The van der Waals surface area contributed by atoms with Crippen LogP contribution < -0.4 is 0 Å². The highest BCUT2D eigenvalue weighted by Gasteiger charge is 2.29. The van der Waals surface area contributed by atoms with Crippen LogP contribution in [0.5, 0.6) is 0 Å². The Hall–Kier alpha value is -1.24. The normalized spacial score (nSPS) is 23.2. The van der Waals surface area contributed by atoms with Gasteiger partial charge in [0.15, 0.2) is 0 Å². The molecule has 0 aliphatic carbocycles. The van der Waals surface area contributed by atoms with Crippen LogP contribution >= 0.6 is 11.8 Å². The Morgan fingerprint density at radius 1 is 1.42 bits per heavy atom. The Balaban J connectivity index is 1.75. The lowest BCUT2D eigenvalue weighted by molar-refractivity contribution is -0.137. The molecule has 0 spiro atoms. The van der Waals surface area contributed by atoms with Gasteiger partial charge >= 0.3 is 5.97 Å². The summed E-state index contributed by atoms with van der Waals surface area (Å²) in [7, 11) is 0. The Bertz CT molecular complexity index is 388. The smallest absolute Gasteiger partial charge is 0.303 e. The molecule has 0 bridgehead atoms. The van der Waals surface area contributed by atoms with Crippen LogP contribution in [0.15, 0.2) is 0 Å². The van der Waals surface area contributed by atoms with E-state index < -0.39 is 5.97 Å². The lowest BCUT2D eigenvalue weighted by Gasteiger charge is -2.20. The fourth-order valence-electron chi connectivity index (χ4n) is 2.43. The van der Waals surface area contributed by atoms with Crippen molar-refractivity contribution in [2.45, 2.75) is 19.3 Å². The van der Waals surface area contributed by atoms with E-state index in [0.717, 1.165) is 6.42 Å². The topological polar surface area (TPSA) is 77.9 Å². The number of hydrogen-bond acceptors (Lipinski definition) is 4. The highest BCUT2D eigenvalue weighted by Crippen LogP contribution is 2.22. The molecule has 2 amide bonds. The van der Waals surface area contributed by atoms with Crippen LogP contribution in [-0.4, -0.2) is 64.0 Å². The number of carbonyl (C=O) groups excluding carboxylic acids is 2. The number of carboxylic acids is 1. The molecule has 2 heterocycles. The third-order valence-corrected chi connectivity index (χ3v) is 4.50. The molecule has 0 aromatic heterocycles. The summed E-state index contributed by atoms with van der Waals surface area (Å²) in [5.74, 6) is 0.567. The van der Waals surface area contributed by atoms with Crippen molar-refractivity contribution in [3.05, 3.63) is 0 Å². The molecule has 7 heteroatoms. The van der Waals surface area contributed by atoms with E-state index in [1.165, 1.54) is 11.8 Å². The minimum Gasteiger partial charge on any atom is -0.481 e. The van der Waals surface area contributed by atoms with Gasteiger partial charge in [0.1, 0.15) is 6.54 Å². The van der Waals surface area contributed by atoms with Gasteiger partial charge < -0.3 is 14.9 Å². The molecule has 19 heavy (non-hydrogen) atoms. The number of amides is 2. The zero-order valence-electron chi connectivity index (χ0n) is 10.7. The number of thioether (sulfide) groups is 1. The van der Waals surface area contributed by atoms with Gasteiger partial charge in [-0.2, -0.15) is 0 Å². The maximum Gasteiger partial charge on any atom is 0.303 e. The molecule has 0 radical (unpaired) electrons. The van der Waals surface area contributed by atoms with Crippen molar-refractivity contribution in [1.29, 1.82) is 0 Å². The first-order chi connectivity index (χ1) is 9.06. The second-order valence-electron chi connectivity index (χ2n) is 5.00. The Labute approximate surface area is 116 Å². The summed E-state index contributed by atoms with van der Waals surface area (Å²) in [6.07, 6.45) is 1.65. The van der Waals surface area contributed by atoms with E-state index in [2.05, 4.69) is 0 Å². The quantitative estimate of drug-likeness (QED) is 0.783. The SMILES string of the molecule is O=C(O)CCC1CCN(C(=O)CN2CSCC2=O)C1. The summed E-state index contributed by atoms with van der Waals surface area (Å²) >= 11 is 1.53. The molecule has 1 N–H and O–H groups in total. The van der Waals surface area contributed by atoms with Gasteiger partial charge in [0.05, 0.1) is 11.6 Å². The Kier molecular flexibility index (Phi) is 4.68. The minimum absolute atomic E-state index is 0.0197. The average molecular weight is 286 g/mol. The molecule has 0 aromatic rings. The van der Waals surface area contributed by atoms with Gasteiger partial charge in [0.25, 0.3) is 0 Å². The Morgan fingerprint density at radius 3 is 2.84 bits per heavy atom. The second-order valence-corrected chi connectivity index (χ2v) is 5.95. The molecule has 2 aliphatic rings. The van der Waals surface area contributed by atoms with E-state index in [1.807, 2.05) is 0 Å². The second kappa shape index (κ2) is 6.27. The number of aliphatic carboxylic acids is 1. The van der Waals surface area contributed by atoms with E-state index in [-0.39, 0.29) is 30.7 Å². The molecule has 2 fully saturated rings. The summed E-state index contributed by atoms with van der Waals surface area (Å²) < 4.78 is 0. The van der Waals surface area contributed by atoms with Crippen molar-refractivity contribution in [3.63, 3.8) is 0 Å². The van der Waals surface area contributed by atoms with Crippen molar-refractivity contribution in [2.75, 3.05) is 31.3 Å². The first-order valence-electron chi connectivity index (χ1n) is 6.41. The highest BCUT2D eigenvalue weighted by atomic mass is 32.2. The maximum absolute atomic E-state index is 12.0. The summed E-state index contributed by atoms with van der Waals surface area (Å²) in [6.45, 7) is 1.47. The van der Waals surface area contributed by atoms with Crippen LogP contribution in [0.4, 0.5) is 0 Å². The van der Waals surface area contributed by atoms with Crippen molar-refractivity contribution < 1.29 is 19.5 Å². The molecule has 0 aromatic carbocycles. The lowest BCUT2D eigenvalue weighted by Crippen LogP contribution is -2.40. The molecular formula is C12H18N2O4S. The number of carboxylic acid groups (broad SMARTS) is 1. The summed E-state index contributed by atoms with van der Waals surface area (Å²) in [5.41, 5.74) is 0. The Morgan fingerprint density at radius 2 is 2.21 bits per heavy atom. The van der Waals surface area contributed by atoms with E-state index in [9.17, 15) is 14.4 Å². The fourth-order valence-corrected chi connectivity index (χ4v) is 3.33. The van der Waals surface area contributed by atoms with Crippen LogP contribution in [0.1, 0.15) is 19.3 Å². The standard InChI is InChI=1S/C12H18N2O4S/c15-10(6-14-8-19-7-11(14)16)13-4-3-9(5-13)1-2-12(17)18/h9H,1-8H2,(H,17,18). The molecule has 2 aliphatic heterocycles. The van der Waals surface area contributed by atoms with Gasteiger partial charge in [-0.05, 0) is 18.8 Å². The highest BCUT2D eigenvalue weighted by molar-refractivity contribution is 8.00. The molecule has 2 rings (SSSR count). The van der Waals surface area contributed by atoms with Gasteiger partial charge in [-0.15, -0.1) is 11.8 Å². The van der Waals surface area contributed by atoms with Crippen LogP contribution in [0.25, 0.3) is 0 Å². The van der Waals surface area contributed by atoms with Crippen molar-refractivity contribution in [2.24, 2.45) is 5.92 Å². The molecule has 1 unspecified atom stereocenters. The number of nitrogens with zero attached hydrogens (tertiary/aromatic N) is 2. The first kappa shape index (κ1) is 14.2. The predicted molar refractivity (Wildman–Crippen MR) is 70.6 cm³/mol. The van der Waals surface area contributed by atoms with Gasteiger partial charge in [-0.1, -0.05) is 0 Å². The van der Waals surface area contributed by atoms with Crippen molar-refractivity contribution >= 4 is 29.5 Å². The molecule has 0 saturated carbocycles. The molecule has 6 nitrogen and oxygen atoms in total. The van der Waals surface area contributed by atoms with E-state index in [0.29, 0.717) is 31.1 Å². The van der Waals surface area contributed by atoms with E-state index >= 15 is 0 Å². The monoisotopic (exact) mass is 286 g/mol. The van der Waals surface area contributed by atoms with Gasteiger partial charge in [-0.25, -0.2) is 0 Å². The maximum atomic E-state index is 12.0. The van der Waals surface area contributed by atoms with Crippen LogP contribution in [0, 0.1) is 5.92 Å². The first-order valence-corrected chi connectivity index (χ1v) is 7.57. The lowest BCUT2D eigenvalue weighted by atomic mass is 10.0. The third-order valence-electron chi connectivity index (χ3n) is 3.56. The molecule has 106 valence electrons. The number of likely N-dealkylation sites (tertiary alicyclic amines) is 1. The summed E-state index contributed by atoms with van der Waals surface area (Å²) in [4.78, 5) is 37.3. The van der Waals surface area contributed by atoms with Gasteiger partial charge in [-0.3, -0.25) is 14.4 Å². The fraction of sp³-hybridized carbons (Fsp3) is 0.750. The average Bonchev–Trinajstić information content (AvgIpc) is 2.97. The van der Waals surface area contributed by atoms with E-state index in [4.69, 9.17) is 5.11 Å². The largest absolute Gasteiger partial charge is 0.481 e.